The van der Waals surface area contributed by atoms with Gasteiger partial charge in [-0.15, -0.1) is 11.6 Å². The maximum absolute atomic E-state index is 6.12. The Labute approximate surface area is 85.8 Å². The molecule has 0 bridgehead atoms. The lowest BCUT2D eigenvalue weighted by Gasteiger charge is -2.37. The number of rotatable bonds is 2. The minimum atomic E-state index is 0.349. The van der Waals surface area contributed by atoms with Crippen molar-refractivity contribution in [2.24, 2.45) is 11.3 Å². The van der Waals surface area contributed by atoms with Gasteiger partial charge in [0.05, 0.1) is 6.61 Å². The Morgan fingerprint density at radius 2 is 2.00 bits per heavy atom. The van der Waals surface area contributed by atoms with Crippen molar-refractivity contribution in [3.8, 4) is 0 Å². The van der Waals surface area contributed by atoms with E-state index in [1.165, 1.54) is 38.5 Å². The highest BCUT2D eigenvalue weighted by molar-refractivity contribution is 6.18. The van der Waals surface area contributed by atoms with Crippen LogP contribution in [0.25, 0.3) is 0 Å². The van der Waals surface area contributed by atoms with Gasteiger partial charge in [0.25, 0.3) is 0 Å². The average molecular weight is 203 g/mol. The second kappa shape index (κ2) is 4.18. The van der Waals surface area contributed by atoms with Crippen molar-refractivity contribution >= 4 is 11.6 Å². The topological polar surface area (TPSA) is 9.23 Å². The van der Waals surface area contributed by atoms with Crippen LogP contribution in [0.3, 0.4) is 0 Å². The summed E-state index contributed by atoms with van der Waals surface area (Å²) in [6.07, 6.45) is 8.20. The molecule has 1 aliphatic heterocycles. The number of halogens is 1. The van der Waals surface area contributed by atoms with Crippen molar-refractivity contribution in [3.05, 3.63) is 0 Å². The fourth-order valence-corrected chi connectivity index (χ4v) is 3.30. The van der Waals surface area contributed by atoms with Crippen molar-refractivity contribution < 1.29 is 4.74 Å². The molecule has 0 aromatic heterocycles. The van der Waals surface area contributed by atoms with E-state index < -0.39 is 0 Å². The third-order valence-corrected chi connectivity index (χ3v) is 4.40. The summed E-state index contributed by atoms with van der Waals surface area (Å²) in [6, 6.07) is 0. The van der Waals surface area contributed by atoms with E-state index in [9.17, 15) is 0 Å². The molecule has 0 aromatic carbocycles. The second-order valence-electron chi connectivity index (χ2n) is 4.63. The molecular weight excluding hydrogens is 184 g/mol. The first-order valence-corrected chi connectivity index (χ1v) is 6.04. The first kappa shape index (κ1) is 9.79. The number of hydrogen-bond donors (Lipinski definition) is 0. The second-order valence-corrected chi connectivity index (χ2v) is 4.90. The molecule has 2 heteroatoms. The first-order chi connectivity index (χ1) is 6.37. The van der Waals surface area contributed by atoms with Gasteiger partial charge < -0.3 is 4.74 Å². The molecule has 0 N–H and O–H groups in total. The molecule has 1 saturated heterocycles. The molecule has 1 atom stereocenters. The van der Waals surface area contributed by atoms with Gasteiger partial charge in [0.15, 0.2) is 0 Å². The number of ether oxygens (including phenoxy) is 1. The Bertz CT molecular complexity index is 157. The van der Waals surface area contributed by atoms with E-state index >= 15 is 0 Å². The minimum Gasteiger partial charge on any atom is -0.381 e. The first-order valence-electron chi connectivity index (χ1n) is 5.51. The van der Waals surface area contributed by atoms with E-state index in [0.717, 1.165) is 25.0 Å². The lowest BCUT2D eigenvalue weighted by Crippen LogP contribution is -2.34. The van der Waals surface area contributed by atoms with E-state index in [4.69, 9.17) is 16.3 Å². The summed E-state index contributed by atoms with van der Waals surface area (Å²) in [4.78, 5) is 0. The fourth-order valence-electron chi connectivity index (χ4n) is 2.87. The standard InChI is InChI=1S/C11H19ClO/c12-8-11(6-7-13-9-11)10-4-2-1-3-5-10/h10H,1-9H2. The summed E-state index contributed by atoms with van der Waals surface area (Å²) in [5, 5.41) is 0. The van der Waals surface area contributed by atoms with Crippen LogP contribution >= 0.6 is 11.6 Å². The predicted octanol–water partition coefficient (Wildman–Crippen LogP) is 3.21. The van der Waals surface area contributed by atoms with Gasteiger partial charge in [-0.3, -0.25) is 0 Å². The zero-order valence-electron chi connectivity index (χ0n) is 8.23. The maximum atomic E-state index is 6.12. The Balaban J connectivity index is 2.01. The molecular formula is C11H19ClO. The molecule has 1 saturated carbocycles. The molecule has 0 amide bonds. The molecule has 0 radical (unpaired) electrons. The van der Waals surface area contributed by atoms with Crippen LogP contribution in [-0.2, 0) is 4.74 Å². The minimum absolute atomic E-state index is 0.349. The SMILES string of the molecule is ClCC1(C2CCCCC2)CCOC1. The van der Waals surface area contributed by atoms with Gasteiger partial charge in [-0.1, -0.05) is 19.3 Å². The van der Waals surface area contributed by atoms with Crippen LogP contribution < -0.4 is 0 Å². The summed E-state index contributed by atoms with van der Waals surface area (Å²) < 4.78 is 5.52. The van der Waals surface area contributed by atoms with Crippen LogP contribution in [0.2, 0.25) is 0 Å². The molecule has 2 fully saturated rings. The summed E-state index contributed by atoms with van der Waals surface area (Å²) >= 11 is 6.12. The van der Waals surface area contributed by atoms with Crippen molar-refractivity contribution in [2.45, 2.75) is 38.5 Å². The molecule has 1 aliphatic carbocycles. The van der Waals surface area contributed by atoms with Crippen LogP contribution in [0.15, 0.2) is 0 Å². The Morgan fingerprint density at radius 3 is 2.54 bits per heavy atom. The highest BCUT2D eigenvalue weighted by Gasteiger charge is 2.41. The van der Waals surface area contributed by atoms with Crippen LogP contribution in [0.1, 0.15) is 38.5 Å². The Hall–Kier alpha value is 0.250. The highest BCUT2D eigenvalue weighted by atomic mass is 35.5. The molecule has 0 spiro atoms. The van der Waals surface area contributed by atoms with E-state index in [1.54, 1.807) is 0 Å². The van der Waals surface area contributed by atoms with Crippen molar-refractivity contribution in [1.29, 1.82) is 0 Å². The Kier molecular flexibility index (Phi) is 3.15. The smallest absolute Gasteiger partial charge is 0.0537 e. The van der Waals surface area contributed by atoms with Crippen molar-refractivity contribution in [1.82, 2.24) is 0 Å². The lowest BCUT2D eigenvalue weighted by atomic mass is 9.69. The molecule has 1 heterocycles. The summed E-state index contributed by atoms with van der Waals surface area (Å²) in [6.45, 7) is 1.85. The van der Waals surface area contributed by atoms with Gasteiger partial charge >= 0.3 is 0 Å². The van der Waals surface area contributed by atoms with E-state index in [-0.39, 0.29) is 0 Å². The number of alkyl halides is 1. The summed E-state index contributed by atoms with van der Waals surface area (Å²) in [5.74, 6) is 1.65. The normalized spacial score (nSPS) is 36.7. The summed E-state index contributed by atoms with van der Waals surface area (Å²) in [7, 11) is 0. The van der Waals surface area contributed by atoms with Gasteiger partial charge in [-0.2, -0.15) is 0 Å². The summed E-state index contributed by atoms with van der Waals surface area (Å²) in [5.41, 5.74) is 0.349. The van der Waals surface area contributed by atoms with Crippen LogP contribution in [0.5, 0.6) is 0 Å². The van der Waals surface area contributed by atoms with Gasteiger partial charge in [0, 0.05) is 17.9 Å². The molecule has 13 heavy (non-hydrogen) atoms. The van der Waals surface area contributed by atoms with Crippen LogP contribution in [0, 0.1) is 11.3 Å². The molecule has 76 valence electrons. The zero-order chi connectivity index (χ0) is 9.15. The van der Waals surface area contributed by atoms with Crippen molar-refractivity contribution in [2.75, 3.05) is 19.1 Å². The third-order valence-electron chi connectivity index (χ3n) is 3.87. The molecule has 1 unspecified atom stereocenters. The van der Waals surface area contributed by atoms with Gasteiger partial charge in [0.1, 0.15) is 0 Å². The zero-order valence-corrected chi connectivity index (χ0v) is 8.98. The highest BCUT2D eigenvalue weighted by Crippen LogP contribution is 2.44. The molecule has 0 aromatic rings. The molecule has 1 nitrogen and oxygen atoms in total. The fraction of sp³-hybridized carbons (Fsp3) is 1.00. The van der Waals surface area contributed by atoms with Crippen LogP contribution in [0.4, 0.5) is 0 Å². The lowest BCUT2D eigenvalue weighted by molar-refractivity contribution is 0.101. The van der Waals surface area contributed by atoms with Crippen molar-refractivity contribution in [3.63, 3.8) is 0 Å². The predicted molar refractivity (Wildman–Crippen MR) is 55.2 cm³/mol. The Morgan fingerprint density at radius 1 is 1.23 bits per heavy atom. The van der Waals surface area contributed by atoms with E-state index in [1.807, 2.05) is 0 Å². The molecule has 2 rings (SSSR count). The van der Waals surface area contributed by atoms with Gasteiger partial charge in [-0.25, -0.2) is 0 Å². The molecule has 2 aliphatic rings. The van der Waals surface area contributed by atoms with Gasteiger partial charge in [0.2, 0.25) is 0 Å². The third kappa shape index (κ3) is 1.87. The quantitative estimate of drug-likeness (QED) is 0.625. The van der Waals surface area contributed by atoms with Crippen LogP contribution in [-0.4, -0.2) is 19.1 Å². The maximum Gasteiger partial charge on any atom is 0.0537 e. The van der Waals surface area contributed by atoms with E-state index in [0.29, 0.717) is 5.41 Å². The number of hydrogen-bond acceptors (Lipinski definition) is 1. The average Bonchev–Trinajstić information content (AvgIpc) is 2.69. The van der Waals surface area contributed by atoms with E-state index in [2.05, 4.69) is 0 Å². The monoisotopic (exact) mass is 202 g/mol. The largest absolute Gasteiger partial charge is 0.381 e. The van der Waals surface area contributed by atoms with Gasteiger partial charge in [-0.05, 0) is 25.2 Å².